The van der Waals surface area contributed by atoms with E-state index < -0.39 is 0 Å². The van der Waals surface area contributed by atoms with Gasteiger partial charge >= 0.3 is 0 Å². The van der Waals surface area contributed by atoms with Crippen LogP contribution in [0.15, 0.2) is 22.0 Å². The Morgan fingerprint density at radius 1 is 1.39 bits per heavy atom. The van der Waals surface area contributed by atoms with Crippen LogP contribution in [0.5, 0.6) is 0 Å². The normalized spacial score (nSPS) is 10.9. The Labute approximate surface area is 120 Å². The average molecular weight is 326 g/mol. The molecule has 5 heteroatoms. The highest BCUT2D eigenvalue weighted by molar-refractivity contribution is 9.10. The molecular weight excluding hydrogens is 310 g/mol. The Morgan fingerprint density at radius 2 is 2.17 bits per heavy atom. The lowest BCUT2D eigenvalue weighted by molar-refractivity contribution is 0.635. The fourth-order valence-electron chi connectivity index (χ4n) is 1.70. The van der Waals surface area contributed by atoms with Crippen LogP contribution in [0.3, 0.4) is 0 Å². The third kappa shape index (κ3) is 3.09. The summed E-state index contributed by atoms with van der Waals surface area (Å²) in [5.74, 6) is 2.25. The van der Waals surface area contributed by atoms with Crippen molar-refractivity contribution in [1.29, 1.82) is 0 Å². The van der Waals surface area contributed by atoms with E-state index in [0.717, 1.165) is 33.1 Å². The maximum atomic E-state index is 4.65. The maximum absolute atomic E-state index is 4.65. The molecular formula is C13H16BrN3S. The highest BCUT2D eigenvalue weighted by Crippen LogP contribution is 2.32. The van der Waals surface area contributed by atoms with Gasteiger partial charge in [0.1, 0.15) is 5.82 Å². The largest absolute Gasteiger partial charge is 0.373 e. The van der Waals surface area contributed by atoms with Crippen LogP contribution in [0.25, 0.3) is 10.7 Å². The first kappa shape index (κ1) is 13.5. The first-order valence-corrected chi connectivity index (χ1v) is 7.56. The number of rotatable bonds is 4. The zero-order chi connectivity index (χ0) is 13.1. The molecule has 0 fully saturated rings. The smallest absolute Gasteiger partial charge is 0.173 e. The Bertz CT molecular complexity index is 537. The molecule has 0 aliphatic rings. The molecule has 0 bridgehead atoms. The van der Waals surface area contributed by atoms with Crippen LogP contribution in [0, 0.1) is 5.92 Å². The second kappa shape index (κ2) is 5.80. The van der Waals surface area contributed by atoms with Crippen LogP contribution in [-0.4, -0.2) is 17.0 Å². The summed E-state index contributed by atoms with van der Waals surface area (Å²) in [5.41, 5.74) is 1.08. The number of hydrogen-bond acceptors (Lipinski definition) is 4. The first-order chi connectivity index (χ1) is 8.60. The fourth-order valence-corrected chi connectivity index (χ4v) is 3.19. The van der Waals surface area contributed by atoms with Gasteiger partial charge in [-0.05, 0) is 39.7 Å². The Hall–Kier alpha value is -0.940. The van der Waals surface area contributed by atoms with Crippen LogP contribution < -0.4 is 5.32 Å². The van der Waals surface area contributed by atoms with Crippen molar-refractivity contribution in [2.24, 2.45) is 5.92 Å². The summed E-state index contributed by atoms with van der Waals surface area (Å²) in [7, 11) is 1.88. The first-order valence-electron chi connectivity index (χ1n) is 5.89. The van der Waals surface area contributed by atoms with Crippen molar-refractivity contribution in [3.8, 4) is 10.7 Å². The lowest BCUT2D eigenvalue weighted by Gasteiger charge is -2.09. The number of nitrogens with one attached hydrogen (secondary N) is 1. The molecule has 0 radical (unpaired) electrons. The molecule has 96 valence electrons. The zero-order valence-electron chi connectivity index (χ0n) is 10.7. The van der Waals surface area contributed by atoms with Crippen LogP contribution in [-0.2, 0) is 6.42 Å². The molecule has 0 spiro atoms. The van der Waals surface area contributed by atoms with Gasteiger partial charge in [-0.25, -0.2) is 9.97 Å². The van der Waals surface area contributed by atoms with Crippen molar-refractivity contribution in [1.82, 2.24) is 9.97 Å². The predicted molar refractivity (Wildman–Crippen MR) is 81.1 cm³/mol. The van der Waals surface area contributed by atoms with Gasteiger partial charge in [-0.3, -0.25) is 0 Å². The van der Waals surface area contributed by atoms with E-state index >= 15 is 0 Å². The molecule has 2 heterocycles. The second-order valence-corrected chi connectivity index (χ2v) is 6.28. The monoisotopic (exact) mass is 325 g/mol. The fraction of sp³-hybridized carbons (Fsp3) is 0.385. The topological polar surface area (TPSA) is 37.8 Å². The number of hydrogen-bond donors (Lipinski definition) is 1. The van der Waals surface area contributed by atoms with Crippen LogP contribution >= 0.6 is 27.3 Å². The Balaban J connectivity index is 2.44. The standard InChI is InChI=1S/C13H16BrN3S/c1-8(2)6-9-7-11(15-3)17-13(16-9)12-10(14)4-5-18-12/h4-5,7-8H,6H2,1-3H3,(H,15,16,17). The number of nitrogens with zero attached hydrogens (tertiary/aromatic N) is 2. The van der Waals surface area contributed by atoms with Crippen molar-refractivity contribution in [3.63, 3.8) is 0 Å². The molecule has 2 aromatic heterocycles. The Morgan fingerprint density at radius 3 is 2.72 bits per heavy atom. The lowest BCUT2D eigenvalue weighted by atomic mass is 10.1. The summed E-state index contributed by atoms with van der Waals surface area (Å²) in [4.78, 5) is 10.3. The van der Waals surface area contributed by atoms with E-state index in [2.05, 4.69) is 45.1 Å². The van der Waals surface area contributed by atoms with E-state index in [1.807, 2.05) is 24.6 Å². The van der Waals surface area contributed by atoms with Crippen molar-refractivity contribution < 1.29 is 0 Å². The van der Waals surface area contributed by atoms with Gasteiger partial charge in [-0.15, -0.1) is 11.3 Å². The molecule has 3 nitrogen and oxygen atoms in total. The molecule has 1 N–H and O–H groups in total. The predicted octanol–water partition coefficient (Wildman–Crippen LogP) is 4.21. The summed E-state index contributed by atoms with van der Waals surface area (Å²) >= 11 is 5.18. The zero-order valence-corrected chi connectivity index (χ0v) is 13.1. The summed E-state index contributed by atoms with van der Waals surface area (Å²) in [6, 6.07) is 4.04. The van der Waals surface area contributed by atoms with Gasteiger partial charge in [-0.1, -0.05) is 13.8 Å². The van der Waals surface area contributed by atoms with Crippen molar-refractivity contribution in [2.45, 2.75) is 20.3 Å². The third-order valence-corrected chi connectivity index (χ3v) is 4.31. The number of aromatic nitrogens is 2. The molecule has 0 unspecified atom stereocenters. The highest BCUT2D eigenvalue weighted by atomic mass is 79.9. The molecule has 0 saturated carbocycles. The molecule has 0 saturated heterocycles. The third-order valence-electron chi connectivity index (χ3n) is 2.47. The van der Waals surface area contributed by atoms with Gasteiger partial charge in [-0.2, -0.15) is 0 Å². The molecule has 2 rings (SSSR count). The Kier molecular flexibility index (Phi) is 4.35. The van der Waals surface area contributed by atoms with Crippen LogP contribution in [0.2, 0.25) is 0 Å². The summed E-state index contributed by atoms with van der Waals surface area (Å²) < 4.78 is 1.05. The molecule has 18 heavy (non-hydrogen) atoms. The molecule has 0 aliphatic carbocycles. The van der Waals surface area contributed by atoms with Crippen molar-refractivity contribution in [3.05, 3.63) is 27.7 Å². The quantitative estimate of drug-likeness (QED) is 0.915. The van der Waals surface area contributed by atoms with Gasteiger partial charge < -0.3 is 5.32 Å². The van der Waals surface area contributed by atoms with Gasteiger partial charge in [0.2, 0.25) is 0 Å². The summed E-state index contributed by atoms with van der Waals surface area (Å²) in [6.45, 7) is 4.39. The molecule has 0 aromatic carbocycles. The maximum Gasteiger partial charge on any atom is 0.173 e. The van der Waals surface area contributed by atoms with Crippen molar-refractivity contribution in [2.75, 3.05) is 12.4 Å². The van der Waals surface area contributed by atoms with Crippen LogP contribution in [0.1, 0.15) is 19.5 Å². The van der Waals surface area contributed by atoms with Crippen LogP contribution in [0.4, 0.5) is 5.82 Å². The SMILES string of the molecule is CNc1cc(CC(C)C)nc(-c2sccc2Br)n1. The summed E-state index contributed by atoms with van der Waals surface area (Å²) in [6.07, 6.45) is 0.965. The van der Waals surface area contributed by atoms with Gasteiger partial charge in [0.25, 0.3) is 0 Å². The highest BCUT2D eigenvalue weighted by Gasteiger charge is 2.11. The van der Waals surface area contributed by atoms with Crippen molar-refractivity contribution >= 4 is 33.1 Å². The average Bonchev–Trinajstić information content (AvgIpc) is 2.74. The molecule has 2 aromatic rings. The molecule has 0 atom stereocenters. The number of halogens is 1. The van der Waals surface area contributed by atoms with E-state index in [9.17, 15) is 0 Å². The van der Waals surface area contributed by atoms with E-state index in [-0.39, 0.29) is 0 Å². The minimum Gasteiger partial charge on any atom is -0.373 e. The second-order valence-electron chi connectivity index (χ2n) is 4.51. The van der Waals surface area contributed by atoms with E-state index in [1.54, 1.807) is 11.3 Å². The van der Waals surface area contributed by atoms with Gasteiger partial charge in [0.15, 0.2) is 5.82 Å². The molecule has 0 aliphatic heterocycles. The lowest BCUT2D eigenvalue weighted by Crippen LogP contribution is -2.03. The summed E-state index contributed by atoms with van der Waals surface area (Å²) in [5, 5.41) is 5.14. The van der Waals surface area contributed by atoms with Gasteiger partial charge in [0.05, 0.1) is 4.88 Å². The van der Waals surface area contributed by atoms with E-state index in [1.165, 1.54) is 0 Å². The number of anilines is 1. The van der Waals surface area contributed by atoms with Gasteiger partial charge in [0, 0.05) is 23.3 Å². The molecule has 0 amide bonds. The minimum absolute atomic E-state index is 0.587. The van der Waals surface area contributed by atoms with E-state index in [0.29, 0.717) is 5.92 Å². The minimum atomic E-state index is 0.587. The number of thiophene rings is 1. The van der Waals surface area contributed by atoms with E-state index in [4.69, 9.17) is 0 Å².